The predicted molar refractivity (Wildman–Crippen MR) is 82.2 cm³/mol. The van der Waals surface area contributed by atoms with Crippen LogP contribution >= 0.6 is 69.6 Å². The van der Waals surface area contributed by atoms with Gasteiger partial charge in [0.2, 0.25) is 0 Å². The third-order valence-electron chi connectivity index (χ3n) is 2.52. The summed E-state index contributed by atoms with van der Waals surface area (Å²) in [5.74, 6) is 0. The molecule has 0 spiro atoms. The molecule has 0 amide bonds. The molecule has 6 heteroatoms. The minimum atomic E-state index is -1.31. The Morgan fingerprint density at radius 3 is 2.17 bits per heavy atom. The van der Waals surface area contributed by atoms with Gasteiger partial charge in [0.25, 0.3) is 0 Å². The lowest BCUT2D eigenvalue weighted by atomic mass is 9.97. The van der Waals surface area contributed by atoms with Crippen LogP contribution in [0, 0.1) is 0 Å². The molecule has 0 aliphatic heterocycles. The maximum absolute atomic E-state index is 6.09. The Bertz CT molecular complexity index is 556. The van der Waals surface area contributed by atoms with Gasteiger partial charge in [-0.3, -0.25) is 0 Å². The molecule has 1 aromatic carbocycles. The SMILES string of the molecule is ClC1=C(Cl)C(Cl)(Cl)C=C(c2ccc(Cl)c(Cl)c2)C1. The third-order valence-corrected chi connectivity index (χ3v) is 5.00. The van der Waals surface area contributed by atoms with Crippen molar-refractivity contribution in [1.82, 2.24) is 0 Å². The lowest BCUT2D eigenvalue weighted by Crippen LogP contribution is -2.15. The summed E-state index contributed by atoms with van der Waals surface area (Å²) < 4.78 is -1.31. The summed E-state index contributed by atoms with van der Waals surface area (Å²) in [5, 5.41) is 1.60. The molecule has 96 valence electrons. The Labute approximate surface area is 135 Å². The van der Waals surface area contributed by atoms with E-state index in [9.17, 15) is 0 Å². The van der Waals surface area contributed by atoms with Gasteiger partial charge in [0.15, 0.2) is 4.33 Å². The van der Waals surface area contributed by atoms with Crippen LogP contribution in [-0.4, -0.2) is 4.33 Å². The summed E-state index contributed by atoms with van der Waals surface area (Å²) in [6.07, 6.45) is 2.11. The van der Waals surface area contributed by atoms with Crippen molar-refractivity contribution in [3.63, 3.8) is 0 Å². The first-order valence-electron chi connectivity index (χ1n) is 4.91. The minimum Gasteiger partial charge on any atom is -0.0905 e. The first kappa shape index (κ1) is 14.8. The molecular weight excluding hydrogens is 357 g/mol. The van der Waals surface area contributed by atoms with Crippen LogP contribution in [0.25, 0.3) is 5.57 Å². The Balaban J connectivity index is 2.44. The maximum Gasteiger partial charge on any atom is 0.173 e. The van der Waals surface area contributed by atoms with E-state index in [1.165, 1.54) is 0 Å². The quantitative estimate of drug-likeness (QED) is 0.491. The molecule has 1 aliphatic carbocycles. The largest absolute Gasteiger partial charge is 0.173 e. The zero-order valence-electron chi connectivity index (χ0n) is 8.78. The van der Waals surface area contributed by atoms with Gasteiger partial charge in [-0.2, -0.15) is 0 Å². The fourth-order valence-electron chi connectivity index (χ4n) is 1.64. The van der Waals surface area contributed by atoms with Gasteiger partial charge in [-0.1, -0.05) is 75.7 Å². The first-order chi connectivity index (χ1) is 8.31. The molecule has 0 radical (unpaired) electrons. The summed E-state index contributed by atoms with van der Waals surface area (Å²) in [7, 11) is 0. The number of halogens is 6. The van der Waals surface area contributed by atoms with Gasteiger partial charge in [0.1, 0.15) is 0 Å². The molecule has 0 N–H and O–H groups in total. The number of hydrogen-bond acceptors (Lipinski definition) is 0. The topological polar surface area (TPSA) is 0 Å². The maximum atomic E-state index is 6.09. The highest BCUT2D eigenvalue weighted by atomic mass is 35.5. The molecule has 0 saturated carbocycles. The molecule has 0 saturated heterocycles. The Hall–Kier alpha value is 0.440. The van der Waals surface area contributed by atoms with E-state index in [2.05, 4.69) is 0 Å². The van der Waals surface area contributed by atoms with E-state index < -0.39 is 4.33 Å². The Morgan fingerprint density at radius 1 is 0.944 bits per heavy atom. The van der Waals surface area contributed by atoms with E-state index in [-0.39, 0.29) is 5.03 Å². The van der Waals surface area contributed by atoms with Crippen molar-refractivity contribution in [3.05, 3.63) is 49.9 Å². The second-order valence-corrected chi connectivity index (χ2v) is 6.85. The molecule has 0 unspecified atom stereocenters. The van der Waals surface area contributed by atoms with E-state index in [1.807, 2.05) is 6.07 Å². The number of rotatable bonds is 1. The number of benzene rings is 1. The number of alkyl halides is 2. The van der Waals surface area contributed by atoms with Gasteiger partial charge in [-0.15, -0.1) is 0 Å². The minimum absolute atomic E-state index is 0.233. The van der Waals surface area contributed by atoms with Crippen molar-refractivity contribution in [1.29, 1.82) is 0 Å². The molecule has 18 heavy (non-hydrogen) atoms. The lowest BCUT2D eigenvalue weighted by molar-refractivity contribution is 1.13. The molecule has 0 bridgehead atoms. The van der Waals surface area contributed by atoms with Gasteiger partial charge < -0.3 is 0 Å². The second kappa shape index (κ2) is 5.44. The third kappa shape index (κ3) is 2.95. The molecule has 0 aromatic heterocycles. The Morgan fingerprint density at radius 2 is 1.61 bits per heavy atom. The summed E-state index contributed by atoms with van der Waals surface area (Å²) >= 11 is 36.0. The van der Waals surface area contributed by atoms with Gasteiger partial charge in [-0.25, -0.2) is 0 Å². The number of allylic oxidation sites excluding steroid dienone is 4. The van der Waals surface area contributed by atoms with E-state index in [0.29, 0.717) is 21.5 Å². The molecule has 1 aromatic rings. The van der Waals surface area contributed by atoms with E-state index in [4.69, 9.17) is 69.6 Å². The van der Waals surface area contributed by atoms with Crippen molar-refractivity contribution in [3.8, 4) is 0 Å². The van der Waals surface area contributed by atoms with E-state index in [1.54, 1.807) is 18.2 Å². The van der Waals surface area contributed by atoms with Crippen LogP contribution in [-0.2, 0) is 0 Å². The lowest BCUT2D eigenvalue weighted by Gasteiger charge is -2.24. The van der Waals surface area contributed by atoms with Crippen LogP contribution in [0.5, 0.6) is 0 Å². The normalized spacial score (nSPS) is 18.9. The van der Waals surface area contributed by atoms with Crippen molar-refractivity contribution < 1.29 is 0 Å². The van der Waals surface area contributed by atoms with E-state index >= 15 is 0 Å². The highest BCUT2D eigenvalue weighted by molar-refractivity contribution is 6.59. The van der Waals surface area contributed by atoms with Crippen LogP contribution in [0.2, 0.25) is 10.0 Å². The smallest absolute Gasteiger partial charge is 0.0905 e. The molecule has 0 atom stereocenters. The van der Waals surface area contributed by atoms with Crippen LogP contribution in [0.1, 0.15) is 12.0 Å². The fraction of sp³-hybridized carbons (Fsp3) is 0.167. The van der Waals surface area contributed by atoms with Crippen LogP contribution in [0.4, 0.5) is 0 Å². The van der Waals surface area contributed by atoms with Crippen molar-refractivity contribution in [2.45, 2.75) is 10.8 Å². The van der Waals surface area contributed by atoms with Gasteiger partial charge >= 0.3 is 0 Å². The van der Waals surface area contributed by atoms with Gasteiger partial charge in [0.05, 0.1) is 15.1 Å². The monoisotopic (exact) mass is 360 g/mol. The highest BCUT2D eigenvalue weighted by Crippen LogP contribution is 2.46. The first-order valence-corrected chi connectivity index (χ1v) is 7.17. The Kier molecular flexibility index (Phi) is 4.48. The average Bonchev–Trinajstić information content (AvgIpc) is 2.29. The van der Waals surface area contributed by atoms with Crippen LogP contribution < -0.4 is 0 Å². The molecule has 0 fully saturated rings. The van der Waals surface area contributed by atoms with Crippen molar-refractivity contribution in [2.75, 3.05) is 0 Å². The molecule has 0 heterocycles. The molecular formula is C12H6Cl6. The summed E-state index contributed by atoms with van der Waals surface area (Å²) in [6, 6.07) is 5.27. The summed E-state index contributed by atoms with van der Waals surface area (Å²) in [4.78, 5) is 0. The molecule has 0 nitrogen and oxygen atoms in total. The fourth-order valence-corrected chi connectivity index (χ4v) is 2.94. The molecule has 2 rings (SSSR count). The van der Waals surface area contributed by atoms with Crippen LogP contribution in [0.3, 0.4) is 0 Å². The van der Waals surface area contributed by atoms with Crippen molar-refractivity contribution >= 4 is 75.2 Å². The van der Waals surface area contributed by atoms with E-state index in [0.717, 1.165) is 11.1 Å². The highest BCUT2D eigenvalue weighted by Gasteiger charge is 2.33. The average molecular weight is 363 g/mol. The van der Waals surface area contributed by atoms with Crippen LogP contribution in [0.15, 0.2) is 34.3 Å². The zero-order chi connectivity index (χ0) is 13.5. The van der Waals surface area contributed by atoms with Crippen molar-refractivity contribution in [2.24, 2.45) is 0 Å². The van der Waals surface area contributed by atoms with Gasteiger partial charge in [-0.05, 0) is 29.3 Å². The van der Waals surface area contributed by atoms with Gasteiger partial charge in [0, 0.05) is 11.5 Å². The zero-order valence-corrected chi connectivity index (χ0v) is 13.3. The molecule has 1 aliphatic rings. The number of hydrogen-bond donors (Lipinski definition) is 0. The predicted octanol–water partition coefficient (Wildman–Crippen LogP) is 6.64. The standard InChI is InChI=1S/C12H6Cl6/c13-8-2-1-6(3-9(8)14)7-4-10(15)11(16)12(17,18)5-7/h1-3,5H,4H2. The summed E-state index contributed by atoms with van der Waals surface area (Å²) in [5.41, 5.74) is 1.71. The summed E-state index contributed by atoms with van der Waals surface area (Å²) in [6.45, 7) is 0. The second-order valence-electron chi connectivity index (χ2n) is 3.82.